The van der Waals surface area contributed by atoms with Gasteiger partial charge in [-0.15, -0.1) is 0 Å². The van der Waals surface area contributed by atoms with Crippen LogP contribution >= 0.6 is 23.2 Å². The predicted molar refractivity (Wildman–Crippen MR) is 152 cm³/mol. The molecule has 38 heavy (non-hydrogen) atoms. The molecule has 0 unspecified atom stereocenters. The third kappa shape index (κ3) is 6.67. The van der Waals surface area contributed by atoms with E-state index in [1.54, 1.807) is 49.4 Å². The number of hydrogen-bond acceptors (Lipinski definition) is 4. The molecule has 1 N–H and O–H groups in total. The molecule has 0 bridgehead atoms. The van der Waals surface area contributed by atoms with Gasteiger partial charge in [-0.25, -0.2) is 8.42 Å². The highest BCUT2D eigenvalue weighted by molar-refractivity contribution is 7.92. The molecular formula is C28H31Cl2N3O4S. The maximum Gasteiger partial charge on any atom is 0.264 e. The summed E-state index contributed by atoms with van der Waals surface area (Å²) in [6.07, 6.45) is 0. The lowest BCUT2D eigenvalue weighted by Gasteiger charge is -2.32. The van der Waals surface area contributed by atoms with Crippen molar-refractivity contribution in [2.45, 2.75) is 45.2 Å². The van der Waals surface area contributed by atoms with Crippen molar-refractivity contribution in [3.63, 3.8) is 0 Å². The molecule has 0 aliphatic rings. The van der Waals surface area contributed by atoms with Gasteiger partial charge in [0.05, 0.1) is 10.6 Å². The minimum Gasteiger partial charge on any atom is -0.357 e. The van der Waals surface area contributed by atoms with Crippen molar-refractivity contribution in [3.05, 3.63) is 93.0 Å². The van der Waals surface area contributed by atoms with Gasteiger partial charge >= 0.3 is 0 Å². The van der Waals surface area contributed by atoms with E-state index in [9.17, 15) is 18.0 Å². The van der Waals surface area contributed by atoms with Crippen LogP contribution in [-0.4, -0.2) is 44.8 Å². The molecule has 2 amide bonds. The molecule has 0 radical (unpaired) electrons. The van der Waals surface area contributed by atoms with Gasteiger partial charge in [0.1, 0.15) is 12.6 Å². The molecule has 202 valence electrons. The summed E-state index contributed by atoms with van der Waals surface area (Å²) in [5.74, 6) is -1.01. The molecule has 3 aromatic carbocycles. The molecule has 0 spiro atoms. The summed E-state index contributed by atoms with van der Waals surface area (Å²) in [6.45, 7) is 6.51. The summed E-state index contributed by atoms with van der Waals surface area (Å²) < 4.78 is 28.9. The fraction of sp³-hybridized carbons (Fsp3) is 0.286. The Morgan fingerprint density at radius 3 is 1.97 bits per heavy atom. The lowest BCUT2D eigenvalue weighted by Crippen LogP contribution is -2.50. The number of rotatable bonds is 9. The summed E-state index contributed by atoms with van der Waals surface area (Å²) >= 11 is 12.7. The zero-order valence-corrected chi connectivity index (χ0v) is 24.3. The quantitative estimate of drug-likeness (QED) is 0.376. The van der Waals surface area contributed by atoms with Gasteiger partial charge in [-0.1, -0.05) is 53.0 Å². The fourth-order valence-electron chi connectivity index (χ4n) is 4.11. The highest BCUT2D eigenvalue weighted by Gasteiger charge is 2.33. The summed E-state index contributed by atoms with van der Waals surface area (Å²) in [4.78, 5) is 27.8. The molecule has 1 atom stereocenters. The van der Waals surface area contributed by atoms with E-state index in [1.165, 1.54) is 24.1 Å². The van der Waals surface area contributed by atoms with E-state index in [0.29, 0.717) is 21.3 Å². The molecule has 0 saturated heterocycles. The molecule has 10 heteroatoms. The molecule has 0 aliphatic heterocycles. The summed E-state index contributed by atoms with van der Waals surface area (Å²) in [6, 6.07) is 15.8. The van der Waals surface area contributed by atoms with Crippen molar-refractivity contribution in [2.24, 2.45) is 0 Å². The van der Waals surface area contributed by atoms with Gasteiger partial charge in [0.2, 0.25) is 11.8 Å². The van der Waals surface area contributed by atoms with Crippen LogP contribution in [-0.2, 0) is 26.2 Å². The molecule has 0 aromatic heterocycles. The maximum atomic E-state index is 13.9. The van der Waals surface area contributed by atoms with Crippen LogP contribution in [0.2, 0.25) is 10.0 Å². The zero-order valence-electron chi connectivity index (χ0n) is 22.0. The number of aryl methyl sites for hydroxylation is 3. The maximum absolute atomic E-state index is 13.9. The number of likely N-dealkylation sites (N-methyl/N-ethyl adjacent to an activating group) is 1. The van der Waals surface area contributed by atoms with E-state index in [4.69, 9.17) is 23.2 Å². The first-order chi connectivity index (χ1) is 17.8. The van der Waals surface area contributed by atoms with Crippen LogP contribution in [0.4, 0.5) is 5.69 Å². The van der Waals surface area contributed by atoms with Gasteiger partial charge < -0.3 is 10.2 Å². The number of benzene rings is 3. The Hall–Kier alpha value is -3.07. The van der Waals surface area contributed by atoms with E-state index >= 15 is 0 Å². The standard InChI is InChI=1S/C28H31Cl2N3O4S/c1-18-9-11-23(12-10-18)38(36,37)33(22-14-19(2)13-20(3)15-22)17-27(34)32(21(4)28(35)31-5)16-24-25(29)7-6-8-26(24)30/h6-15,21H,16-17H2,1-5H3,(H,31,35)/t21-/m1/s1. The van der Waals surface area contributed by atoms with Crippen LogP contribution in [0.25, 0.3) is 0 Å². The van der Waals surface area contributed by atoms with E-state index in [-0.39, 0.29) is 11.4 Å². The Kier molecular flexibility index (Phi) is 9.46. The average molecular weight is 577 g/mol. The molecular weight excluding hydrogens is 545 g/mol. The highest BCUT2D eigenvalue weighted by atomic mass is 35.5. The van der Waals surface area contributed by atoms with Crippen molar-refractivity contribution in [2.75, 3.05) is 17.9 Å². The van der Waals surface area contributed by atoms with Gasteiger partial charge in [-0.3, -0.25) is 13.9 Å². The summed E-state index contributed by atoms with van der Waals surface area (Å²) in [5, 5.41) is 3.21. The van der Waals surface area contributed by atoms with Gasteiger partial charge in [0.15, 0.2) is 0 Å². The van der Waals surface area contributed by atoms with Gasteiger partial charge in [0, 0.05) is 29.2 Å². The molecule has 0 fully saturated rings. The topological polar surface area (TPSA) is 86.8 Å². The van der Waals surface area contributed by atoms with Crippen molar-refractivity contribution in [3.8, 4) is 0 Å². The van der Waals surface area contributed by atoms with Crippen molar-refractivity contribution in [1.82, 2.24) is 10.2 Å². The number of amides is 2. The number of nitrogens with zero attached hydrogens (tertiary/aromatic N) is 2. The van der Waals surface area contributed by atoms with Crippen LogP contribution in [0.15, 0.2) is 65.6 Å². The second-order valence-electron chi connectivity index (χ2n) is 9.18. The minimum atomic E-state index is -4.14. The first-order valence-corrected chi connectivity index (χ1v) is 14.2. The van der Waals surface area contributed by atoms with E-state index in [2.05, 4.69) is 5.32 Å². The third-order valence-corrected chi connectivity index (χ3v) is 8.68. The van der Waals surface area contributed by atoms with Crippen LogP contribution < -0.4 is 9.62 Å². The monoisotopic (exact) mass is 575 g/mol. The first-order valence-electron chi connectivity index (χ1n) is 12.0. The number of carbonyl (C=O) groups is 2. The lowest BCUT2D eigenvalue weighted by atomic mass is 10.1. The number of halogens is 2. The second kappa shape index (κ2) is 12.2. The Labute approximate surface area is 234 Å². The van der Waals surface area contributed by atoms with Gasteiger partial charge in [0.25, 0.3) is 10.0 Å². The van der Waals surface area contributed by atoms with E-state index < -0.39 is 34.4 Å². The molecule has 7 nitrogen and oxygen atoms in total. The predicted octanol–water partition coefficient (Wildman–Crippen LogP) is 5.28. The minimum absolute atomic E-state index is 0.0510. The Bertz CT molecular complexity index is 1400. The molecule has 0 saturated carbocycles. The van der Waals surface area contributed by atoms with E-state index in [1.807, 2.05) is 26.8 Å². The van der Waals surface area contributed by atoms with Gasteiger partial charge in [-0.2, -0.15) is 0 Å². The second-order valence-corrected chi connectivity index (χ2v) is 11.9. The smallest absolute Gasteiger partial charge is 0.264 e. The Balaban J connectivity index is 2.10. The van der Waals surface area contributed by atoms with Crippen LogP contribution in [0, 0.1) is 20.8 Å². The zero-order chi connectivity index (χ0) is 28.2. The summed E-state index contributed by atoms with van der Waals surface area (Å²) in [5.41, 5.74) is 3.39. The van der Waals surface area contributed by atoms with Crippen molar-refractivity contribution < 1.29 is 18.0 Å². The Morgan fingerprint density at radius 2 is 1.45 bits per heavy atom. The number of carbonyl (C=O) groups excluding carboxylic acids is 2. The first kappa shape index (κ1) is 29.5. The van der Waals surface area contributed by atoms with Gasteiger partial charge in [-0.05, 0) is 75.2 Å². The average Bonchev–Trinajstić information content (AvgIpc) is 2.85. The van der Waals surface area contributed by atoms with Crippen molar-refractivity contribution >= 4 is 50.7 Å². The normalized spacial score (nSPS) is 12.1. The number of nitrogens with one attached hydrogen (secondary N) is 1. The van der Waals surface area contributed by atoms with Crippen molar-refractivity contribution in [1.29, 1.82) is 0 Å². The van der Waals surface area contributed by atoms with Crippen LogP contribution in [0.5, 0.6) is 0 Å². The molecule has 3 rings (SSSR count). The fourth-order valence-corrected chi connectivity index (χ4v) is 6.02. The molecule has 3 aromatic rings. The number of sulfonamides is 1. The SMILES string of the molecule is CNC(=O)[C@@H](C)N(Cc1c(Cl)cccc1Cl)C(=O)CN(c1cc(C)cc(C)c1)S(=O)(=O)c1ccc(C)cc1. The summed E-state index contributed by atoms with van der Waals surface area (Å²) in [7, 11) is -2.67. The van der Waals surface area contributed by atoms with E-state index in [0.717, 1.165) is 21.0 Å². The van der Waals surface area contributed by atoms with Crippen LogP contribution in [0.1, 0.15) is 29.2 Å². The molecule has 0 aliphatic carbocycles. The number of hydrogen-bond donors (Lipinski definition) is 1. The van der Waals surface area contributed by atoms with Crippen LogP contribution in [0.3, 0.4) is 0 Å². The molecule has 0 heterocycles. The lowest BCUT2D eigenvalue weighted by molar-refractivity contribution is -0.139. The third-order valence-electron chi connectivity index (χ3n) is 6.19. The number of anilines is 1. The highest BCUT2D eigenvalue weighted by Crippen LogP contribution is 2.29. The largest absolute Gasteiger partial charge is 0.357 e. The Morgan fingerprint density at radius 1 is 0.895 bits per heavy atom.